The van der Waals surface area contributed by atoms with Gasteiger partial charge in [0.2, 0.25) is 0 Å². The van der Waals surface area contributed by atoms with Crippen molar-refractivity contribution in [1.29, 1.82) is 5.26 Å². The molecule has 1 rings (SSSR count). The fourth-order valence-electron chi connectivity index (χ4n) is 1.82. The van der Waals surface area contributed by atoms with E-state index in [-0.39, 0.29) is 5.92 Å². The Bertz CT molecular complexity index is 549. The molecule has 2 N–H and O–H groups in total. The maximum Gasteiger partial charge on any atom is 0.328 e. The van der Waals surface area contributed by atoms with E-state index in [1.165, 1.54) is 7.11 Å². The van der Waals surface area contributed by atoms with Gasteiger partial charge in [-0.05, 0) is 30.5 Å². The van der Waals surface area contributed by atoms with Crippen LogP contribution in [0.4, 0.5) is 10.5 Å². The van der Waals surface area contributed by atoms with E-state index in [0.717, 1.165) is 0 Å². The second kappa shape index (κ2) is 7.90. The molecule has 0 fully saturated rings. The molecule has 2 amide bonds. The number of rotatable bonds is 5. The van der Waals surface area contributed by atoms with Crippen molar-refractivity contribution in [2.45, 2.75) is 26.3 Å². The molecular weight excluding hydrogens is 270 g/mol. The highest BCUT2D eigenvalue weighted by Crippen LogP contribution is 2.10. The molecule has 1 unspecified atom stereocenters. The lowest BCUT2D eigenvalue weighted by Gasteiger charge is -2.18. The van der Waals surface area contributed by atoms with Crippen LogP contribution in [-0.4, -0.2) is 25.2 Å². The van der Waals surface area contributed by atoms with Gasteiger partial charge in [-0.15, -0.1) is 0 Å². The van der Waals surface area contributed by atoms with Crippen molar-refractivity contribution in [3.63, 3.8) is 0 Å². The number of carbonyl (C=O) groups excluding carboxylic acids is 2. The number of nitrogens with zero attached hydrogens (tertiary/aromatic N) is 1. The highest BCUT2D eigenvalue weighted by molar-refractivity contribution is 5.92. The van der Waals surface area contributed by atoms with Crippen molar-refractivity contribution in [1.82, 2.24) is 5.32 Å². The predicted octanol–water partition coefficient (Wildman–Crippen LogP) is 2.27. The van der Waals surface area contributed by atoms with Crippen molar-refractivity contribution in [2.75, 3.05) is 12.4 Å². The van der Waals surface area contributed by atoms with Crippen molar-refractivity contribution >= 4 is 17.7 Å². The molecule has 0 spiro atoms. The van der Waals surface area contributed by atoms with E-state index in [0.29, 0.717) is 17.7 Å². The van der Waals surface area contributed by atoms with E-state index in [1.54, 1.807) is 24.3 Å². The van der Waals surface area contributed by atoms with Gasteiger partial charge in [-0.3, -0.25) is 0 Å². The van der Waals surface area contributed by atoms with E-state index in [4.69, 9.17) is 5.26 Å². The van der Waals surface area contributed by atoms with E-state index >= 15 is 0 Å². The summed E-state index contributed by atoms with van der Waals surface area (Å²) in [4.78, 5) is 23.5. The summed E-state index contributed by atoms with van der Waals surface area (Å²) in [7, 11) is 1.28. The summed E-state index contributed by atoms with van der Waals surface area (Å²) in [5.74, 6) is -0.249. The first-order valence-corrected chi connectivity index (χ1v) is 6.61. The van der Waals surface area contributed by atoms with Gasteiger partial charge in [0.15, 0.2) is 0 Å². The minimum atomic E-state index is -0.700. The summed E-state index contributed by atoms with van der Waals surface area (Å²) >= 11 is 0. The van der Waals surface area contributed by atoms with Gasteiger partial charge in [0, 0.05) is 5.69 Å². The molecule has 0 bridgehead atoms. The molecule has 112 valence electrons. The summed E-state index contributed by atoms with van der Waals surface area (Å²) in [6.07, 6.45) is 0.484. The van der Waals surface area contributed by atoms with Crippen LogP contribution in [0.3, 0.4) is 0 Å². The van der Waals surface area contributed by atoms with Crippen LogP contribution >= 0.6 is 0 Å². The van der Waals surface area contributed by atoms with Crippen molar-refractivity contribution in [3.05, 3.63) is 29.8 Å². The number of nitrogens with one attached hydrogen (secondary N) is 2. The highest BCUT2D eigenvalue weighted by Gasteiger charge is 2.22. The van der Waals surface area contributed by atoms with Crippen LogP contribution in [0.15, 0.2) is 24.3 Å². The molecule has 0 heterocycles. The molecule has 6 heteroatoms. The largest absolute Gasteiger partial charge is 0.467 e. The Labute approximate surface area is 124 Å². The zero-order chi connectivity index (χ0) is 15.8. The van der Waals surface area contributed by atoms with Crippen molar-refractivity contribution in [3.8, 4) is 6.07 Å². The zero-order valence-corrected chi connectivity index (χ0v) is 12.3. The molecule has 1 aromatic carbocycles. The molecule has 0 aromatic heterocycles. The molecule has 1 atom stereocenters. The molecule has 21 heavy (non-hydrogen) atoms. The summed E-state index contributed by atoms with van der Waals surface area (Å²) in [6, 6.07) is 7.29. The Morgan fingerprint density at radius 3 is 2.67 bits per heavy atom. The summed E-state index contributed by atoms with van der Waals surface area (Å²) in [6.45, 7) is 3.90. The molecular formula is C15H19N3O3. The number of anilines is 1. The highest BCUT2D eigenvalue weighted by atomic mass is 16.5. The number of hydrogen-bond acceptors (Lipinski definition) is 4. The van der Waals surface area contributed by atoms with E-state index < -0.39 is 18.0 Å². The maximum absolute atomic E-state index is 11.9. The van der Waals surface area contributed by atoms with Crippen LogP contribution in [0.25, 0.3) is 0 Å². The van der Waals surface area contributed by atoms with Crippen LogP contribution in [0.1, 0.15) is 25.8 Å². The van der Waals surface area contributed by atoms with Crippen molar-refractivity contribution < 1.29 is 14.3 Å². The minimum Gasteiger partial charge on any atom is -0.467 e. The maximum atomic E-state index is 11.9. The first kappa shape index (κ1) is 16.5. The number of esters is 1. The van der Waals surface area contributed by atoms with E-state index in [9.17, 15) is 9.59 Å². The minimum absolute atomic E-state index is 0.233. The molecule has 0 aliphatic carbocycles. The van der Waals surface area contributed by atoms with Gasteiger partial charge >= 0.3 is 12.0 Å². The van der Waals surface area contributed by atoms with Crippen LogP contribution in [0.2, 0.25) is 0 Å². The number of urea groups is 1. The Balaban J connectivity index is 2.69. The van der Waals surface area contributed by atoms with Crippen LogP contribution in [0, 0.1) is 17.2 Å². The van der Waals surface area contributed by atoms with Crippen LogP contribution < -0.4 is 10.6 Å². The molecule has 0 aliphatic rings. The van der Waals surface area contributed by atoms with Gasteiger partial charge in [-0.1, -0.05) is 19.9 Å². The number of carbonyl (C=O) groups is 2. The Hall–Kier alpha value is -2.55. The average Bonchev–Trinajstić information content (AvgIpc) is 2.45. The van der Waals surface area contributed by atoms with Crippen LogP contribution in [0.5, 0.6) is 0 Å². The fourth-order valence-corrected chi connectivity index (χ4v) is 1.82. The summed E-state index contributed by atoms with van der Waals surface area (Å²) < 4.78 is 4.68. The number of nitriles is 1. The van der Waals surface area contributed by atoms with Gasteiger partial charge in [-0.25, -0.2) is 9.59 Å². The SMILES string of the molecule is COC(=O)C(CC(C)C)NC(=O)Nc1cccc(C#N)c1. The van der Waals surface area contributed by atoms with E-state index in [2.05, 4.69) is 15.4 Å². The van der Waals surface area contributed by atoms with Crippen molar-refractivity contribution in [2.24, 2.45) is 5.92 Å². The quantitative estimate of drug-likeness (QED) is 0.813. The lowest BCUT2D eigenvalue weighted by molar-refractivity contribution is -0.143. The van der Waals surface area contributed by atoms with Gasteiger partial charge < -0.3 is 15.4 Å². The lowest BCUT2D eigenvalue weighted by Crippen LogP contribution is -2.44. The Morgan fingerprint density at radius 2 is 2.10 bits per heavy atom. The topological polar surface area (TPSA) is 91.2 Å². The smallest absolute Gasteiger partial charge is 0.328 e. The summed E-state index contributed by atoms with van der Waals surface area (Å²) in [5.41, 5.74) is 0.930. The molecule has 0 saturated carbocycles. The molecule has 0 radical (unpaired) electrons. The van der Waals surface area contributed by atoms with Gasteiger partial charge in [0.1, 0.15) is 6.04 Å². The monoisotopic (exact) mass is 289 g/mol. The number of benzene rings is 1. The Kier molecular flexibility index (Phi) is 6.21. The first-order chi connectivity index (χ1) is 9.96. The zero-order valence-electron chi connectivity index (χ0n) is 12.3. The third kappa shape index (κ3) is 5.53. The van der Waals surface area contributed by atoms with E-state index in [1.807, 2.05) is 19.9 Å². The van der Waals surface area contributed by atoms with Gasteiger partial charge in [0.25, 0.3) is 0 Å². The van der Waals surface area contributed by atoms with Gasteiger partial charge in [0.05, 0.1) is 18.7 Å². The van der Waals surface area contributed by atoms with Crippen LogP contribution in [-0.2, 0) is 9.53 Å². The Morgan fingerprint density at radius 1 is 1.38 bits per heavy atom. The number of hydrogen-bond donors (Lipinski definition) is 2. The normalized spacial score (nSPS) is 11.4. The molecule has 1 aromatic rings. The second-order valence-electron chi connectivity index (χ2n) is 5.00. The lowest BCUT2D eigenvalue weighted by atomic mass is 10.0. The third-order valence-electron chi connectivity index (χ3n) is 2.75. The molecule has 6 nitrogen and oxygen atoms in total. The fraction of sp³-hybridized carbons (Fsp3) is 0.400. The number of amides is 2. The molecule has 0 saturated heterocycles. The number of ether oxygens (including phenoxy) is 1. The number of methoxy groups -OCH3 is 1. The third-order valence-corrected chi connectivity index (χ3v) is 2.75. The average molecular weight is 289 g/mol. The standard InChI is InChI=1S/C15H19N3O3/c1-10(2)7-13(14(19)21-3)18-15(20)17-12-6-4-5-11(8-12)9-16/h4-6,8,10,13H,7H2,1-3H3,(H2,17,18,20). The molecule has 0 aliphatic heterocycles. The van der Waals surface area contributed by atoms with Gasteiger partial charge in [-0.2, -0.15) is 5.26 Å². The summed E-state index contributed by atoms with van der Waals surface area (Å²) in [5, 5.41) is 14.0. The first-order valence-electron chi connectivity index (χ1n) is 6.61. The predicted molar refractivity (Wildman–Crippen MR) is 78.6 cm³/mol. The second-order valence-corrected chi connectivity index (χ2v) is 5.00.